The molecule has 4 heteroatoms. The first-order valence-corrected chi connectivity index (χ1v) is 15.9. The Labute approximate surface area is 277 Å². The number of rotatable bonds is 4. The molecule has 9 rings (SSSR count). The van der Waals surface area contributed by atoms with Gasteiger partial charge in [0.05, 0.1) is 51.0 Å². The second-order valence-corrected chi connectivity index (χ2v) is 12.0. The first kappa shape index (κ1) is 27.4. The Balaban J connectivity index is 1.24. The summed E-state index contributed by atoms with van der Waals surface area (Å²) in [6.45, 7) is 0. The van der Waals surface area contributed by atoms with E-state index >= 15 is 0 Å². The summed E-state index contributed by atoms with van der Waals surface area (Å²) in [7, 11) is 0. The van der Waals surface area contributed by atoms with Crippen LogP contribution in [0.5, 0.6) is 0 Å². The molecule has 48 heavy (non-hydrogen) atoms. The molecule has 0 saturated carbocycles. The van der Waals surface area contributed by atoms with E-state index in [2.05, 4.69) is 137 Å². The first-order valence-electron chi connectivity index (χ1n) is 15.9. The Morgan fingerprint density at radius 3 is 1.75 bits per heavy atom. The Morgan fingerprint density at radius 1 is 0.417 bits per heavy atom. The van der Waals surface area contributed by atoms with Crippen LogP contribution in [0, 0.1) is 22.7 Å². The van der Waals surface area contributed by atoms with Gasteiger partial charge in [0.15, 0.2) is 0 Å². The van der Waals surface area contributed by atoms with E-state index < -0.39 is 0 Å². The van der Waals surface area contributed by atoms with Crippen LogP contribution in [0.15, 0.2) is 158 Å². The molecule has 0 aliphatic rings. The summed E-state index contributed by atoms with van der Waals surface area (Å²) in [6, 6.07) is 59.0. The number of hydrogen-bond acceptors (Lipinski definition) is 2. The average molecular weight is 611 g/mol. The van der Waals surface area contributed by atoms with Gasteiger partial charge in [0.2, 0.25) is 0 Å². The summed E-state index contributed by atoms with van der Waals surface area (Å²) >= 11 is 0. The van der Waals surface area contributed by atoms with Crippen molar-refractivity contribution in [1.82, 2.24) is 9.13 Å². The van der Waals surface area contributed by atoms with Gasteiger partial charge >= 0.3 is 0 Å². The third-order valence-corrected chi connectivity index (χ3v) is 9.36. The molecule has 0 radical (unpaired) electrons. The van der Waals surface area contributed by atoms with Crippen LogP contribution < -0.4 is 0 Å². The predicted octanol–water partition coefficient (Wildman–Crippen LogP) is 11.0. The number of aromatic nitrogens is 2. The van der Waals surface area contributed by atoms with Gasteiger partial charge in [0.25, 0.3) is 0 Å². The Hall–Kier alpha value is -6.88. The minimum absolute atomic E-state index is 0.570. The van der Waals surface area contributed by atoms with Crippen molar-refractivity contribution in [3.05, 3.63) is 169 Å². The Kier molecular flexibility index (Phi) is 6.22. The van der Waals surface area contributed by atoms with Gasteiger partial charge in [-0.15, -0.1) is 0 Å². The van der Waals surface area contributed by atoms with E-state index in [1.54, 1.807) is 0 Å². The highest BCUT2D eigenvalue weighted by Gasteiger charge is 2.18. The van der Waals surface area contributed by atoms with Gasteiger partial charge < -0.3 is 9.13 Å². The molecule has 4 nitrogen and oxygen atoms in total. The van der Waals surface area contributed by atoms with Crippen molar-refractivity contribution in [2.75, 3.05) is 0 Å². The summed E-state index contributed by atoms with van der Waals surface area (Å²) in [6.07, 6.45) is 0. The maximum absolute atomic E-state index is 10.2. The first-order chi connectivity index (χ1) is 23.7. The van der Waals surface area contributed by atoms with Gasteiger partial charge in [-0.1, -0.05) is 97.1 Å². The molecule has 0 unspecified atom stereocenters. The second-order valence-electron chi connectivity index (χ2n) is 12.0. The van der Waals surface area contributed by atoms with Crippen LogP contribution in [0.1, 0.15) is 11.1 Å². The molecule has 0 atom stereocenters. The standard InChI is InChI=1S/C44H26N4/c45-27-29-23-33(26-34(24-29)47-42-21-8-4-17-38(42)44-32(28-46)13-10-22-43(44)47)30-11-9-12-31(25-30)35-14-1-5-18-39(35)48-40-19-6-2-15-36(40)37-16-3-7-20-41(37)48/h1-26H. The quantitative estimate of drug-likeness (QED) is 0.199. The number of hydrogen-bond donors (Lipinski definition) is 0. The van der Waals surface area contributed by atoms with Crippen molar-refractivity contribution >= 4 is 43.6 Å². The van der Waals surface area contributed by atoms with Crippen LogP contribution in [-0.2, 0) is 0 Å². The second kappa shape index (κ2) is 10.9. The van der Waals surface area contributed by atoms with E-state index in [4.69, 9.17) is 0 Å². The molecular weight excluding hydrogens is 585 g/mol. The fourth-order valence-electron chi connectivity index (χ4n) is 7.32. The minimum atomic E-state index is 0.570. The molecular formula is C44H26N4. The molecule has 2 heterocycles. The van der Waals surface area contributed by atoms with Crippen molar-refractivity contribution in [2.24, 2.45) is 0 Å². The monoisotopic (exact) mass is 610 g/mol. The zero-order valence-electron chi connectivity index (χ0n) is 25.8. The van der Waals surface area contributed by atoms with Crippen LogP contribution in [0.25, 0.3) is 77.2 Å². The summed E-state index contributed by atoms with van der Waals surface area (Å²) in [5.74, 6) is 0. The molecule has 0 fully saturated rings. The van der Waals surface area contributed by atoms with E-state index in [1.165, 1.54) is 21.8 Å². The van der Waals surface area contributed by atoms with E-state index in [1.807, 2.05) is 42.5 Å². The summed E-state index contributed by atoms with van der Waals surface area (Å²) in [4.78, 5) is 0. The van der Waals surface area contributed by atoms with Gasteiger partial charge in [-0.25, -0.2) is 0 Å². The number of fused-ring (bicyclic) bond motifs is 6. The van der Waals surface area contributed by atoms with Crippen LogP contribution in [-0.4, -0.2) is 9.13 Å². The molecule has 0 bridgehead atoms. The zero-order valence-corrected chi connectivity index (χ0v) is 25.8. The van der Waals surface area contributed by atoms with Gasteiger partial charge in [-0.05, 0) is 77.4 Å². The highest BCUT2D eigenvalue weighted by molar-refractivity contribution is 6.12. The molecule has 2 aromatic heterocycles. The van der Waals surface area contributed by atoms with Gasteiger partial charge in [0.1, 0.15) is 0 Å². The predicted molar refractivity (Wildman–Crippen MR) is 195 cm³/mol. The number of nitrogens with zero attached hydrogens (tertiary/aromatic N) is 4. The Bertz CT molecular complexity index is 2760. The summed E-state index contributed by atoms with van der Waals surface area (Å²) < 4.78 is 4.52. The molecule has 0 aliphatic carbocycles. The zero-order chi connectivity index (χ0) is 32.2. The molecule has 9 aromatic rings. The molecule has 0 N–H and O–H groups in total. The van der Waals surface area contributed by atoms with Gasteiger partial charge in [-0.3, -0.25) is 0 Å². The highest BCUT2D eigenvalue weighted by atomic mass is 15.0. The smallest absolute Gasteiger partial charge is 0.0998 e. The van der Waals surface area contributed by atoms with Gasteiger partial charge in [0, 0.05) is 32.8 Å². The summed E-state index contributed by atoms with van der Waals surface area (Å²) in [5, 5.41) is 24.5. The lowest BCUT2D eigenvalue weighted by atomic mass is 9.96. The highest BCUT2D eigenvalue weighted by Crippen LogP contribution is 2.39. The van der Waals surface area contributed by atoms with Gasteiger partial charge in [-0.2, -0.15) is 10.5 Å². The Morgan fingerprint density at radius 2 is 1.02 bits per heavy atom. The largest absolute Gasteiger partial charge is 0.309 e. The fraction of sp³-hybridized carbons (Fsp3) is 0. The van der Waals surface area contributed by atoms with Crippen molar-refractivity contribution in [1.29, 1.82) is 10.5 Å². The third kappa shape index (κ3) is 4.14. The topological polar surface area (TPSA) is 57.4 Å². The van der Waals surface area contributed by atoms with Crippen molar-refractivity contribution < 1.29 is 0 Å². The van der Waals surface area contributed by atoms with Crippen LogP contribution in [0.2, 0.25) is 0 Å². The third-order valence-electron chi connectivity index (χ3n) is 9.36. The minimum Gasteiger partial charge on any atom is -0.309 e. The molecule has 0 aliphatic heterocycles. The average Bonchev–Trinajstić information content (AvgIpc) is 3.68. The lowest BCUT2D eigenvalue weighted by molar-refractivity contribution is 1.18. The van der Waals surface area contributed by atoms with Crippen molar-refractivity contribution in [3.63, 3.8) is 0 Å². The van der Waals surface area contributed by atoms with E-state index in [0.717, 1.165) is 55.4 Å². The molecule has 0 amide bonds. The van der Waals surface area contributed by atoms with Crippen molar-refractivity contribution in [3.8, 4) is 45.8 Å². The lowest BCUT2D eigenvalue weighted by Gasteiger charge is -2.15. The lowest BCUT2D eigenvalue weighted by Crippen LogP contribution is -1.97. The molecule has 0 spiro atoms. The summed E-state index contributed by atoms with van der Waals surface area (Å²) in [5.41, 5.74) is 11.6. The number of benzene rings is 7. The maximum Gasteiger partial charge on any atom is 0.0998 e. The number of para-hydroxylation sites is 4. The molecule has 222 valence electrons. The SMILES string of the molecule is N#Cc1cc(-c2cccc(-c3ccccc3-n3c4ccccc4c4ccccc43)c2)cc(-n2c3ccccc3c3c(C#N)cccc32)c1. The normalized spacial score (nSPS) is 11.3. The van der Waals surface area contributed by atoms with E-state index in [-0.39, 0.29) is 0 Å². The molecule has 7 aromatic carbocycles. The maximum atomic E-state index is 10.2. The van der Waals surface area contributed by atoms with Crippen LogP contribution in [0.3, 0.4) is 0 Å². The van der Waals surface area contributed by atoms with Crippen molar-refractivity contribution in [2.45, 2.75) is 0 Å². The van der Waals surface area contributed by atoms with Crippen LogP contribution >= 0.6 is 0 Å². The van der Waals surface area contributed by atoms with Crippen LogP contribution in [0.4, 0.5) is 0 Å². The van der Waals surface area contributed by atoms with E-state index in [0.29, 0.717) is 11.1 Å². The fourth-order valence-corrected chi connectivity index (χ4v) is 7.32. The molecule has 0 saturated heterocycles. The van der Waals surface area contributed by atoms with E-state index in [9.17, 15) is 10.5 Å². The number of nitriles is 2.